The van der Waals surface area contributed by atoms with Crippen LogP contribution in [0.25, 0.3) is 0 Å². The molecule has 2 aromatic carbocycles. The second-order valence-electron chi connectivity index (χ2n) is 5.61. The molecule has 0 aromatic heterocycles. The summed E-state index contributed by atoms with van der Waals surface area (Å²) in [6.45, 7) is 4.18. The van der Waals surface area contributed by atoms with Gasteiger partial charge < -0.3 is 10.1 Å². The molecule has 1 fully saturated rings. The van der Waals surface area contributed by atoms with Crippen molar-refractivity contribution >= 4 is 29.1 Å². The summed E-state index contributed by atoms with van der Waals surface area (Å²) in [6.07, 6.45) is 3.98. The Morgan fingerprint density at radius 3 is 2.65 bits per heavy atom. The minimum atomic E-state index is -0.164. The van der Waals surface area contributed by atoms with E-state index >= 15 is 0 Å². The van der Waals surface area contributed by atoms with Crippen LogP contribution in [-0.2, 0) is 11.4 Å². The number of thioether (sulfide) groups is 1. The maximum Gasteiger partial charge on any atom is 0.239 e. The van der Waals surface area contributed by atoms with Crippen LogP contribution in [0.1, 0.15) is 17.5 Å². The fraction of sp³-hybridized carbons (Fsp3) is 0.150. The molecule has 1 heterocycles. The quantitative estimate of drug-likeness (QED) is 0.462. The van der Waals surface area contributed by atoms with Crippen molar-refractivity contribution in [2.75, 3.05) is 0 Å². The van der Waals surface area contributed by atoms with Crippen molar-refractivity contribution in [2.24, 2.45) is 10.2 Å². The number of carbonyl (C=O) groups is 1. The molecule has 2 aromatic rings. The van der Waals surface area contributed by atoms with Crippen LogP contribution in [0.15, 0.2) is 77.5 Å². The zero-order chi connectivity index (χ0) is 18.2. The predicted molar refractivity (Wildman–Crippen MR) is 107 cm³/mol. The maximum atomic E-state index is 11.7. The first-order chi connectivity index (χ1) is 12.7. The number of benzene rings is 2. The van der Waals surface area contributed by atoms with Crippen LogP contribution < -0.4 is 10.1 Å². The number of ether oxygens (including phenoxy) is 1. The average molecular weight is 365 g/mol. The molecular weight excluding hydrogens is 346 g/mol. The zero-order valence-corrected chi connectivity index (χ0v) is 15.0. The molecule has 5 nitrogen and oxygen atoms in total. The lowest BCUT2D eigenvalue weighted by Gasteiger charge is -2.06. The molecule has 0 aliphatic carbocycles. The number of hydrogen-bond donors (Lipinski definition) is 1. The molecular formula is C20H19N3O2S. The zero-order valence-electron chi connectivity index (χ0n) is 14.2. The smallest absolute Gasteiger partial charge is 0.239 e. The van der Waals surface area contributed by atoms with Crippen molar-refractivity contribution in [1.82, 2.24) is 5.32 Å². The fourth-order valence-corrected chi connectivity index (χ4v) is 3.22. The molecule has 1 aliphatic heterocycles. The summed E-state index contributed by atoms with van der Waals surface area (Å²) < 4.78 is 5.75. The second-order valence-corrected chi connectivity index (χ2v) is 6.80. The van der Waals surface area contributed by atoms with Crippen LogP contribution in [0.2, 0.25) is 0 Å². The number of carbonyl (C=O) groups excluding carboxylic acids is 1. The number of amides is 1. The molecule has 6 heteroatoms. The number of rotatable bonds is 7. The van der Waals surface area contributed by atoms with E-state index in [0.29, 0.717) is 18.2 Å². The molecule has 1 N–H and O–H groups in total. The number of nitrogens with one attached hydrogen (secondary N) is 1. The third-order valence-corrected chi connectivity index (χ3v) is 4.74. The molecule has 0 bridgehead atoms. The standard InChI is InChI=1S/C20H19N3O2S/c1-2-6-18-19(24)22-20(26-18)23-21-13-15-9-11-17(12-10-15)25-14-16-7-4-3-5-8-16/h2-5,7-13,18H,1,6,14H2,(H,22,23,24)/b21-13-/t18-/m1/s1. The molecule has 0 radical (unpaired) electrons. The number of nitrogens with zero attached hydrogens (tertiary/aromatic N) is 2. The Balaban J connectivity index is 1.52. The summed E-state index contributed by atoms with van der Waals surface area (Å²) in [4.78, 5) is 11.7. The minimum absolute atomic E-state index is 0.0521. The maximum absolute atomic E-state index is 11.7. The van der Waals surface area contributed by atoms with E-state index in [1.54, 1.807) is 12.3 Å². The van der Waals surface area contributed by atoms with Crippen molar-refractivity contribution in [3.63, 3.8) is 0 Å². The van der Waals surface area contributed by atoms with Gasteiger partial charge in [-0.05, 0) is 41.8 Å². The van der Waals surface area contributed by atoms with Crippen LogP contribution in [0.3, 0.4) is 0 Å². The van der Waals surface area contributed by atoms with E-state index in [4.69, 9.17) is 4.74 Å². The van der Waals surface area contributed by atoms with Gasteiger partial charge in [0.05, 0.1) is 11.5 Å². The SMILES string of the molecule is C=CC[C@H]1S/C(=N\N=C/c2ccc(OCc3ccccc3)cc2)NC1=O. The third-order valence-electron chi connectivity index (χ3n) is 3.64. The third kappa shape index (κ3) is 5.07. The van der Waals surface area contributed by atoms with Gasteiger partial charge in [0.15, 0.2) is 5.17 Å². The largest absolute Gasteiger partial charge is 0.489 e. The molecule has 0 unspecified atom stereocenters. The number of amidine groups is 1. The van der Waals surface area contributed by atoms with E-state index in [-0.39, 0.29) is 11.2 Å². The van der Waals surface area contributed by atoms with Crippen LogP contribution in [-0.4, -0.2) is 22.5 Å². The summed E-state index contributed by atoms with van der Waals surface area (Å²) in [7, 11) is 0. The van der Waals surface area contributed by atoms with Gasteiger partial charge in [-0.15, -0.1) is 11.7 Å². The van der Waals surface area contributed by atoms with Gasteiger partial charge in [-0.2, -0.15) is 5.10 Å². The fourth-order valence-electron chi connectivity index (χ4n) is 2.30. The van der Waals surface area contributed by atoms with Crippen molar-refractivity contribution in [2.45, 2.75) is 18.3 Å². The van der Waals surface area contributed by atoms with E-state index in [1.165, 1.54) is 11.8 Å². The van der Waals surface area contributed by atoms with Gasteiger partial charge in [0.25, 0.3) is 0 Å². The highest BCUT2D eigenvalue weighted by atomic mass is 32.2. The van der Waals surface area contributed by atoms with Gasteiger partial charge >= 0.3 is 0 Å². The molecule has 1 aliphatic rings. The summed E-state index contributed by atoms with van der Waals surface area (Å²) >= 11 is 1.37. The highest BCUT2D eigenvalue weighted by Crippen LogP contribution is 2.22. The lowest BCUT2D eigenvalue weighted by molar-refractivity contribution is -0.118. The van der Waals surface area contributed by atoms with Crippen LogP contribution in [0.5, 0.6) is 5.75 Å². The summed E-state index contributed by atoms with van der Waals surface area (Å²) in [5.41, 5.74) is 2.03. The molecule has 1 atom stereocenters. The molecule has 26 heavy (non-hydrogen) atoms. The molecule has 0 saturated carbocycles. The summed E-state index contributed by atoms with van der Waals surface area (Å²) in [5.74, 6) is 0.743. The Morgan fingerprint density at radius 1 is 1.15 bits per heavy atom. The van der Waals surface area contributed by atoms with Crippen molar-refractivity contribution < 1.29 is 9.53 Å². The molecule has 132 valence electrons. The molecule has 1 amide bonds. The van der Waals surface area contributed by atoms with Gasteiger partial charge in [0, 0.05) is 0 Å². The lowest BCUT2D eigenvalue weighted by Crippen LogP contribution is -2.24. The molecule has 1 saturated heterocycles. The monoisotopic (exact) mass is 365 g/mol. The highest BCUT2D eigenvalue weighted by molar-refractivity contribution is 8.15. The highest BCUT2D eigenvalue weighted by Gasteiger charge is 2.28. The van der Waals surface area contributed by atoms with Gasteiger partial charge in [-0.1, -0.05) is 48.2 Å². The summed E-state index contributed by atoms with van der Waals surface area (Å²) in [5, 5.41) is 11.1. The van der Waals surface area contributed by atoms with E-state index in [9.17, 15) is 4.79 Å². The Kier molecular flexibility index (Phi) is 6.22. The van der Waals surface area contributed by atoms with E-state index in [1.807, 2.05) is 54.6 Å². The van der Waals surface area contributed by atoms with Crippen molar-refractivity contribution in [1.29, 1.82) is 0 Å². The lowest BCUT2D eigenvalue weighted by atomic mass is 10.2. The number of allylic oxidation sites excluding steroid dienone is 1. The first-order valence-corrected chi connectivity index (χ1v) is 9.09. The Hall–Kier alpha value is -2.86. The van der Waals surface area contributed by atoms with Gasteiger partial charge in [0.2, 0.25) is 5.91 Å². The Morgan fingerprint density at radius 2 is 1.92 bits per heavy atom. The van der Waals surface area contributed by atoms with Crippen LogP contribution in [0, 0.1) is 0 Å². The molecule has 0 spiro atoms. The van der Waals surface area contributed by atoms with Crippen molar-refractivity contribution in [3.05, 3.63) is 78.4 Å². The van der Waals surface area contributed by atoms with Crippen molar-refractivity contribution in [3.8, 4) is 5.75 Å². The van der Waals surface area contributed by atoms with E-state index in [0.717, 1.165) is 16.9 Å². The summed E-state index contributed by atoms with van der Waals surface area (Å²) in [6, 6.07) is 17.6. The van der Waals surface area contributed by atoms with Gasteiger partial charge in [0.1, 0.15) is 12.4 Å². The molecule has 3 rings (SSSR count). The van der Waals surface area contributed by atoms with Gasteiger partial charge in [-0.3, -0.25) is 4.79 Å². The van der Waals surface area contributed by atoms with Gasteiger partial charge in [-0.25, -0.2) is 0 Å². The number of hydrogen-bond acceptors (Lipinski definition) is 5. The normalized spacial score (nSPS) is 18.2. The minimum Gasteiger partial charge on any atom is -0.489 e. The predicted octanol–water partition coefficient (Wildman–Crippen LogP) is 3.76. The van der Waals surface area contributed by atoms with Crippen LogP contribution in [0.4, 0.5) is 0 Å². The van der Waals surface area contributed by atoms with E-state index < -0.39 is 0 Å². The average Bonchev–Trinajstić information content (AvgIpc) is 3.02. The van der Waals surface area contributed by atoms with E-state index in [2.05, 4.69) is 22.1 Å². The first kappa shape index (κ1) is 17.9. The second kappa shape index (κ2) is 9.01. The Labute approximate surface area is 156 Å². The van der Waals surface area contributed by atoms with Crippen LogP contribution >= 0.6 is 11.8 Å². The first-order valence-electron chi connectivity index (χ1n) is 8.21. The Bertz CT molecular complexity index is 817. The topological polar surface area (TPSA) is 63.1 Å².